The number of aliphatic carboxylic acids is 1. The minimum atomic E-state index is -1.49. The summed E-state index contributed by atoms with van der Waals surface area (Å²) in [5.74, 6) is -3.92. The highest BCUT2D eigenvalue weighted by Crippen LogP contribution is 2.53. The summed E-state index contributed by atoms with van der Waals surface area (Å²) in [6, 6.07) is 0. The third-order valence-electron chi connectivity index (χ3n) is 7.41. The Morgan fingerprint density at radius 3 is 2.46 bits per heavy atom. The van der Waals surface area contributed by atoms with E-state index in [2.05, 4.69) is 0 Å². The molecule has 0 aromatic heterocycles. The fourth-order valence-corrected chi connectivity index (χ4v) is 5.40. The average Bonchev–Trinajstić information content (AvgIpc) is 3.06. The monoisotopic (exact) mass is 512 g/mol. The van der Waals surface area contributed by atoms with Gasteiger partial charge in [0.25, 0.3) is 0 Å². The number of hydrogen-bond acceptors (Lipinski definition) is 7. The number of carbonyl (C=O) groups excluding carboxylic acids is 1. The summed E-state index contributed by atoms with van der Waals surface area (Å²) in [7, 11) is 0. The molecule has 0 amide bonds. The molecule has 4 rings (SSSR count). The Morgan fingerprint density at radius 1 is 1.14 bits per heavy atom. The summed E-state index contributed by atoms with van der Waals surface area (Å²) in [4.78, 5) is 37.2. The highest BCUT2D eigenvalue weighted by Gasteiger charge is 2.49. The first kappa shape index (κ1) is 26.5. The maximum absolute atomic E-state index is 13.0. The minimum Gasteiger partial charge on any atom is -0.507 e. The van der Waals surface area contributed by atoms with Crippen LogP contribution in [-0.2, 0) is 19.1 Å². The summed E-state index contributed by atoms with van der Waals surface area (Å²) in [6.45, 7) is 9.00. The number of rotatable bonds is 7. The lowest BCUT2D eigenvalue weighted by atomic mass is 9.78. The van der Waals surface area contributed by atoms with Crippen molar-refractivity contribution in [2.75, 3.05) is 0 Å². The number of allylic oxidation sites excluding steroid dienone is 3. The summed E-state index contributed by atoms with van der Waals surface area (Å²) in [6.07, 6.45) is 6.31. The largest absolute Gasteiger partial charge is 0.507 e. The Labute approximate surface area is 215 Å². The van der Waals surface area contributed by atoms with Crippen LogP contribution in [0, 0.1) is 6.92 Å². The van der Waals surface area contributed by atoms with Gasteiger partial charge in [-0.3, -0.25) is 4.79 Å². The molecule has 3 aliphatic heterocycles. The van der Waals surface area contributed by atoms with E-state index in [0.717, 1.165) is 12.0 Å². The molecule has 0 radical (unpaired) electrons. The summed E-state index contributed by atoms with van der Waals surface area (Å²) >= 11 is 0. The molecule has 5 atom stereocenters. The predicted molar refractivity (Wildman–Crippen MR) is 133 cm³/mol. The highest BCUT2D eigenvalue weighted by molar-refractivity contribution is 6.22. The predicted octanol–water partition coefficient (Wildman–Crippen LogP) is 4.72. The highest BCUT2D eigenvalue weighted by atomic mass is 16.5. The number of aromatic carboxylic acids is 1. The first-order valence-electron chi connectivity index (χ1n) is 12.4. The number of phenols is 1. The van der Waals surface area contributed by atoms with Crippen LogP contribution in [0.15, 0.2) is 35.6 Å². The number of carboxylic acids is 2. The van der Waals surface area contributed by atoms with Crippen LogP contribution >= 0.6 is 0 Å². The zero-order chi connectivity index (χ0) is 27.2. The third-order valence-corrected chi connectivity index (χ3v) is 7.41. The van der Waals surface area contributed by atoms with E-state index < -0.39 is 41.1 Å². The number of Topliss-reactive ketones (excluding diaryl/α,β-unsaturated/α-hetero) is 1. The molecule has 9 heteroatoms. The Balaban J connectivity index is 1.73. The molecule has 9 nitrogen and oxygen atoms in total. The second-order valence-electron chi connectivity index (χ2n) is 9.95. The van der Waals surface area contributed by atoms with Crippen molar-refractivity contribution in [2.24, 2.45) is 0 Å². The third kappa shape index (κ3) is 4.41. The smallest absolute Gasteiger partial charge is 0.343 e. The Hall–Kier alpha value is -3.59. The van der Waals surface area contributed by atoms with Gasteiger partial charge in [-0.15, -0.1) is 0 Å². The number of aromatic hydroxyl groups is 1. The first-order valence-corrected chi connectivity index (χ1v) is 12.4. The molecule has 0 unspecified atom stereocenters. The van der Waals surface area contributed by atoms with E-state index in [-0.39, 0.29) is 41.3 Å². The van der Waals surface area contributed by atoms with E-state index in [1.165, 1.54) is 13.0 Å². The van der Waals surface area contributed by atoms with Crippen LogP contribution in [0.25, 0.3) is 0 Å². The van der Waals surface area contributed by atoms with Crippen molar-refractivity contribution in [2.45, 2.75) is 83.7 Å². The van der Waals surface area contributed by atoms with Gasteiger partial charge < -0.3 is 29.5 Å². The Morgan fingerprint density at radius 2 is 1.84 bits per heavy atom. The van der Waals surface area contributed by atoms with E-state index in [1.807, 2.05) is 26.8 Å². The van der Waals surface area contributed by atoms with E-state index in [1.54, 1.807) is 19.1 Å². The van der Waals surface area contributed by atoms with E-state index in [4.69, 9.17) is 14.2 Å². The summed E-state index contributed by atoms with van der Waals surface area (Å²) in [5, 5.41) is 30.5. The molecule has 3 heterocycles. The topological polar surface area (TPSA) is 140 Å². The number of ether oxygens (including phenoxy) is 3. The van der Waals surface area contributed by atoms with Crippen LogP contribution in [0.5, 0.6) is 11.5 Å². The van der Waals surface area contributed by atoms with Gasteiger partial charge in [0.1, 0.15) is 34.5 Å². The van der Waals surface area contributed by atoms with E-state index in [0.29, 0.717) is 17.5 Å². The van der Waals surface area contributed by atoms with Gasteiger partial charge in [-0.2, -0.15) is 0 Å². The SMILES string of the molecule is CC/C=C/C=C/[C@@]1(C)OC(C[C@@H]2C[C@@H]3O[C@H](C)[C@@H](C)c4c(C)c(O)c(C(=O)O)c(c43)O2)=C(C(=O)O)C1=O. The average molecular weight is 513 g/mol. The molecule has 0 saturated carbocycles. The molecule has 1 aromatic rings. The van der Waals surface area contributed by atoms with Crippen molar-refractivity contribution >= 4 is 17.7 Å². The molecule has 3 aliphatic rings. The molecule has 198 valence electrons. The van der Waals surface area contributed by atoms with Crippen LogP contribution < -0.4 is 4.74 Å². The maximum atomic E-state index is 13.0. The number of benzene rings is 1. The number of carboxylic acid groups (broad SMARTS) is 2. The fraction of sp³-hybridized carbons (Fsp3) is 0.464. The van der Waals surface area contributed by atoms with Crippen molar-refractivity contribution < 1.29 is 43.9 Å². The van der Waals surface area contributed by atoms with Gasteiger partial charge in [0, 0.05) is 24.3 Å². The number of carbonyl (C=O) groups is 3. The second kappa shape index (κ2) is 9.70. The van der Waals surface area contributed by atoms with Crippen LogP contribution in [0.1, 0.15) is 86.0 Å². The molecule has 0 spiro atoms. The number of ketones is 1. The molecule has 0 fully saturated rings. The summed E-state index contributed by atoms with van der Waals surface area (Å²) < 4.78 is 18.3. The van der Waals surface area contributed by atoms with Gasteiger partial charge in [-0.05, 0) is 44.4 Å². The second-order valence-corrected chi connectivity index (χ2v) is 9.95. The van der Waals surface area contributed by atoms with Crippen molar-refractivity contribution in [1.82, 2.24) is 0 Å². The molecule has 0 bridgehead atoms. The Bertz CT molecular complexity index is 1250. The standard InChI is InChI=1S/C28H32O9/c1-6-7-8-9-10-28(5)25(30)21(26(31)32)18(37-28)12-16-11-17-20-19(13(2)15(4)35-17)14(3)23(29)22(27(33)34)24(20)36-16/h7-10,13,15-17,29H,6,11-12H2,1-5H3,(H,31,32)(H,33,34)/b8-7+,10-9+/t13-,15-,16+,17+,28-/m1/s1. The van der Waals surface area contributed by atoms with Crippen molar-refractivity contribution in [3.8, 4) is 11.5 Å². The van der Waals surface area contributed by atoms with Crippen molar-refractivity contribution in [3.05, 3.63) is 57.9 Å². The quantitative estimate of drug-likeness (QED) is 0.350. The van der Waals surface area contributed by atoms with Crippen LogP contribution in [0.2, 0.25) is 0 Å². The molecule has 0 aliphatic carbocycles. The van der Waals surface area contributed by atoms with E-state index >= 15 is 0 Å². The van der Waals surface area contributed by atoms with Gasteiger partial charge in [0.15, 0.2) is 5.60 Å². The molecule has 0 saturated heterocycles. The molecule has 1 aromatic carbocycles. The van der Waals surface area contributed by atoms with Gasteiger partial charge in [0.05, 0.1) is 12.2 Å². The van der Waals surface area contributed by atoms with Gasteiger partial charge >= 0.3 is 11.9 Å². The summed E-state index contributed by atoms with van der Waals surface area (Å²) in [5.41, 5.74) is -0.434. The Kier molecular flexibility index (Phi) is 6.94. The van der Waals surface area contributed by atoms with Gasteiger partial charge in [0.2, 0.25) is 5.78 Å². The molecule has 37 heavy (non-hydrogen) atoms. The number of hydrogen-bond donors (Lipinski definition) is 3. The van der Waals surface area contributed by atoms with Gasteiger partial charge in [-0.1, -0.05) is 32.1 Å². The van der Waals surface area contributed by atoms with Crippen LogP contribution in [-0.4, -0.2) is 50.9 Å². The zero-order valence-electron chi connectivity index (χ0n) is 21.5. The zero-order valence-corrected chi connectivity index (χ0v) is 21.5. The molecular formula is C28H32O9. The van der Waals surface area contributed by atoms with Gasteiger partial charge in [-0.25, -0.2) is 9.59 Å². The maximum Gasteiger partial charge on any atom is 0.343 e. The lowest BCUT2D eigenvalue weighted by molar-refractivity contribution is -0.135. The minimum absolute atomic E-state index is 0.0137. The van der Waals surface area contributed by atoms with Crippen molar-refractivity contribution in [3.63, 3.8) is 0 Å². The fourth-order valence-electron chi connectivity index (χ4n) is 5.40. The molecular weight excluding hydrogens is 480 g/mol. The first-order chi connectivity index (χ1) is 17.4. The normalized spacial score (nSPS) is 28.9. The van der Waals surface area contributed by atoms with Crippen molar-refractivity contribution in [1.29, 1.82) is 0 Å². The molecule has 3 N–H and O–H groups in total. The van der Waals surface area contributed by atoms with Crippen LogP contribution in [0.3, 0.4) is 0 Å². The lowest BCUT2D eigenvalue weighted by Gasteiger charge is -2.42. The van der Waals surface area contributed by atoms with Crippen LogP contribution in [0.4, 0.5) is 0 Å². The lowest BCUT2D eigenvalue weighted by Crippen LogP contribution is -2.36. The van der Waals surface area contributed by atoms with E-state index in [9.17, 15) is 29.7 Å².